The SMILES string of the molecule is CO[C@H]1CN(C(=O)c2ccco2)Cc2ccnn2C1. The van der Waals surface area contributed by atoms with E-state index in [4.69, 9.17) is 9.15 Å². The number of fused-ring (bicyclic) bond motifs is 1. The van der Waals surface area contributed by atoms with Gasteiger partial charge in [0.05, 0.1) is 31.2 Å². The first kappa shape index (κ1) is 12.0. The third-order valence-electron chi connectivity index (χ3n) is 3.31. The monoisotopic (exact) mass is 261 g/mol. The third-order valence-corrected chi connectivity index (χ3v) is 3.31. The molecule has 0 spiro atoms. The van der Waals surface area contributed by atoms with Gasteiger partial charge < -0.3 is 14.1 Å². The highest BCUT2D eigenvalue weighted by atomic mass is 16.5. The Bertz CT molecular complexity index is 561. The van der Waals surface area contributed by atoms with Crippen molar-refractivity contribution in [1.29, 1.82) is 0 Å². The van der Waals surface area contributed by atoms with E-state index in [0.717, 1.165) is 5.69 Å². The van der Waals surface area contributed by atoms with Crippen LogP contribution in [0.5, 0.6) is 0 Å². The average Bonchev–Trinajstić information content (AvgIpc) is 3.06. The molecule has 0 saturated carbocycles. The lowest BCUT2D eigenvalue weighted by atomic mass is 10.3. The topological polar surface area (TPSA) is 60.5 Å². The summed E-state index contributed by atoms with van der Waals surface area (Å²) >= 11 is 0. The van der Waals surface area contributed by atoms with Crippen molar-refractivity contribution < 1.29 is 13.9 Å². The summed E-state index contributed by atoms with van der Waals surface area (Å²) in [6, 6.07) is 5.30. The summed E-state index contributed by atoms with van der Waals surface area (Å²) in [5.41, 5.74) is 0.999. The van der Waals surface area contributed by atoms with Crippen LogP contribution in [0.3, 0.4) is 0 Å². The van der Waals surface area contributed by atoms with Gasteiger partial charge in [0, 0.05) is 19.9 Å². The predicted molar refractivity (Wildman–Crippen MR) is 66.5 cm³/mol. The molecule has 0 radical (unpaired) electrons. The highest BCUT2D eigenvalue weighted by Gasteiger charge is 2.27. The van der Waals surface area contributed by atoms with Gasteiger partial charge in [0.1, 0.15) is 0 Å². The van der Waals surface area contributed by atoms with Gasteiger partial charge in [-0.1, -0.05) is 0 Å². The number of aromatic nitrogens is 2. The van der Waals surface area contributed by atoms with E-state index < -0.39 is 0 Å². The Kier molecular flexibility index (Phi) is 3.08. The molecule has 0 unspecified atom stereocenters. The largest absolute Gasteiger partial charge is 0.459 e. The molecule has 2 aromatic heterocycles. The minimum Gasteiger partial charge on any atom is -0.459 e. The van der Waals surface area contributed by atoms with Crippen molar-refractivity contribution in [2.24, 2.45) is 0 Å². The number of ether oxygens (including phenoxy) is 1. The van der Waals surface area contributed by atoms with Crippen LogP contribution in [0.1, 0.15) is 16.2 Å². The Hall–Kier alpha value is -2.08. The molecule has 0 bridgehead atoms. The second-order valence-corrected chi connectivity index (χ2v) is 4.53. The molecular weight excluding hydrogens is 246 g/mol. The fraction of sp³-hybridized carbons (Fsp3) is 0.385. The molecule has 6 nitrogen and oxygen atoms in total. The molecule has 6 heteroatoms. The number of nitrogens with zero attached hydrogens (tertiary/aromatic N) is 3. The van der Waals surface area contributed by atoms with Crippen LogP contribution < -0.4 is 0 Å². The molecule has 3 heterocycles. The summed E-state index contributed by atoms with van der Waals surface area (Å²) in [6.07, 6.45) is 3.17. The Morgan fingerprint density at radius 2 is 2.37 bits per heavy atom. The summed E-state index contributed by atoms with van der Waals surface area (Å²) in [6.45, 7) is 1.69. The maximum atomic E-state index is 12.4. The molecule has 1 aliphatic heterocycles. The van der Waals surface area contributed by atoms with Gasteiger partial charge in [-0.2, -0.15) is 5.10 Å². The number of rotatable bonds is 2. The second-order valence-electron chi connectivity index (χ2n) is 4.53. The van der Waals surface area contributed by atoms with E-state index in [1.807, 2.05) is 10.7 Å². The van der Waals surface area contributed by atoms with Crippen molar-refractivity contribution in [3.8, 4) is 0 Å². The van der Waals surface area contributed by atoms with E-state index >= 15 is 0 Å². The molecule has 0 N–H and O–H groups in total. The van der Waals surface area contributed by atoms with E-state index in [2.05, 4.69) is 5.10 Å². The number of furan rings is 1. The first-order chi connectivity index (χ1) is 9.28. The number of amides is 1. The predicted octanol–water partition coefficient (Wildman–Crippen LogP) is 1.15. The van der Waals surface area contributed by atoms with Crippen molar-refractivity contribution in [2.75, 3.05) is 13.7 Å². The number of carbonyl (C=O) groups excluding carboxylic acids is 1. The molecule has 0 saturated heterocycles. The van der Waals surface area contributed by atoms with Crippen molar-refractivity contribution in [3.63, 3.8) is 0 Å². The lowest BCUT2D eigenvalue weighted by Gasteiger charge is -2.22. The average molecular weight is 261 g/mol. The van der Waals surface area contributed by atoms with E-state index in [1.54, 1.807) is 30.3 Å². The molecule has 1 atom stereocenters. The lowest BCUT2D eigenvalue weighted by molar-refractivity contribution is 0.0430. The second kappa shape index (κ2) is 4.89. The van der Waals surface area contributed by atoms with Gasteiger partial charge in [0.2, 0.25) is 0 Å². The normalized spacial score (nSPS) is 19.0. The van der Waals surface area contributed by atoms with Gasteiger partial charge >= 0.3 is 0 Å². The maximum absolute atomic E-state index is 12.4. The number of hydrogen-bond acceptors (Lipinski definition) is 4. The van der Waals surface area contributed by atoms with Gasteiger partial charge in [-0.25, -0.2) is 0 Å². The smallest absolute Gasteiger partial charge is 0.289 e. The highest BCUT2D eigenvalue weighted by Crippen LogP contribution is 2.16. The molecule has 2 aromatic rings. The van der Waals surface area contributed by atoms with Gasteiger partial charge in [0.15, 0.2) is 5.76 Å². The zero-order valence-corrected chi connectivity index (χ0v) is 10.7. The summed E-state index contributed by atoms with van der Waals surface area (Å²) in [5.74, 6) is 0.226. The van der Waals surface area contributed by atoms with Gasteiger partial charge in [0.25, 0.3) is 5.91 Å². The number of methoxy groups -OCH3 is 1. The Morgan fingerprint density at radius 3 is 3.11 bits per heavy atom. The Labute approximate surface area is 110 Å². The van der Waals surface area contributed by atoms with Gasteiger partial charge in [-0.15, -0.1) is 0 Å². The van der Waals surface area contributed by atoms with E-state index in [9.17, 15) is 4.79 Å². The van der Waals surface area contributed by atoms with Gasteiger partial charge in [-0.3, -0.25) is 9.48 Å². The fourth-order valence-corrected chi connectivity index (χ4v) is 2.28. The molecule has 1 amide bonds. The van der Waals surface area contributed by atoms with Crippen LogP contribution in [0.4, 0.5) is 0 Å². The van der Waals surface area contributed by atoms with E-state index in [0.29, 0.717) is 25.4 Å². The molecule has 3 rings (SSSR count). The zero-order chi connectivity index (χ0) is 13.2. The molecule has 0 aromatic carbocycles. The van der Waals surface area contributed by atoms with Crippen molar-refractivity contribution >= 4 is 5.91 Å². The van der Waals surface area contributed by atoms with Crippen LogP contribution >= 0.6 is 0 Å². The summed E-state index contributed by atoms with van der Waals surface area (Å²) in [4.78, 5) is 14.1. The Balaban J connectivity index is 1.87. The molecule has 0 fully saturated rings. The summed E-state index contributed by atoms with van der Waals surface area (Å²) in [5, 5.41) is 4.25. The quantitative estimate of drug-likeness (QED) is 0.813. The third kappa shape index (κ3) is 2.26. The van der Waals surface area contributed by atoms with Crippen LogP contribution in [0.2, 0.25) is 0 Å². The molecule has 19 heavy (non-hydrogen) atoms. The van der Waals surface area contributed by atoms with Crippen LogP contribution in [-0.2, 0) is 17.8 Å². The van der Waals surface area contributed by atoms with Crippen LogP contribution in [0.15, 0.2) is 35.1 Å². The van der Waals surface area contributed by atoms with E-state index in [1.165, 1.54) is 6.26 Å². The summed E-state index contributed by atoms with van der Waals surface area (Å²) < 4.78 is 12.5. The number of hydrogen-bond donors (Lipinski definition) is 0. The highest BCUT2D eigenvalue weighted by molar-refractivity contribution is 5.91. The standard InChI is InChI=1S/C13H15N3O3/c1-18-11-8-15(13(17)12-3-2-6-19-12)7-10-4-5-14-16(10)9-11/h2-6,11H,7-9H2,1H3/t11-/m0/s1. The van der Waals surface area contributed by atoms with Crippen molar-refractivity contribution in [2.45, 2.75) is 19.2 Å². The minimum absolute atomic E-state index is 0.0694. The molecule has 0 aliphatic carbocycles. The maximum Gasteiger partial charge on any atom is 0.289 e. The zero-order valence-electron chi connectivity index (χ0n) is 10.7. The lowest BCUT2D eigenvalue weighted by Crippen LogP contribution is -2.36. The Morgan fingerprint density at radius 1 is 1.47 bits per heavy atom. The molecule has 1 aliphatic rings. The fourth-order valence-electron chi connectivity index (χ4n) is 2.28. The van der Waals surface area contributed by atoms with E-state index in [-0.39, 0.29) is 12.0 Å². The number of carbonyl (C=O) groups is 1. The van der Waals surface area contributed by atoms with Crippen LogP contribution in [-0.4, -0.2) is 40.3 Å². The summed E-state index contributed by atoms with van der Waals surface area (Å²) in [7, 11) is 1.65. The first-order valence-corrected chi connectivity index (χ1v) is 6.14. The first-order valence-electron chi connectivity index (χ1n) is 6.14. The van der Waals surface area contributed by atoms with Crippen molar-refractivity contribution in [1.82, 2.24) is 14.7 Å². The van der Waals surface area contributed by atoms with Crippen molar-refractivity contribution in [3.05, 3.63) is 42.1 Å². The molecule has 100 valence electrons. The van der Waals surface area contributed by atoms with Gasteiger partial charge in [-0.05, 0) is 18.2 Å². The van der Waals surface area contributed by atoms with Crippen LogP contribution in [0.25, 0.3) is 0 Å². The van der Waals surface area contributed by atoms with Crippen LogP contribution in [0, 0.1) is 0 Å². The molecular formula is C13H15N3O3. The minimum atomic E-state index is -0.123.